The third-order valence-corrected chi connectivity index (χ3v) is 5.28. The number of benzene rings is 1. The average Bonchev–Trinajstić information content (AvgIpc) is 2.87. The number of carbonyl (C=O) groups is 1. The Morgan fingerprint density at radius 1 is 1.33 bits per heavy atom. The van der Waals surface area contributed by atoms with Crippen LogP contribution in [-0.4, -0.2) is 24.9 Å². The lowest BCUT2D eigenvalue weighted by atomic mass is 10.0. The number of carbonyl (C=O) groups excluding carboxylic acids is 1. The minimum Gasteiger partial charge on any atom is -0.293 e. The summed E-state index contributed by atoms with van der Waals surface area (Å²) >= 11 is 1.11. The Balaban J connectivity index is 2.06. The maximum absolute atomic E-state index is 12.1. The predicted octanol–water partition coefficient (Wildman–Crippen LogP) is 2.89. The molecule has 1 N–H and O–H groups in total. The van der Waals surface area contributed by atoms with Crippen molar-refractivity contribution >= 4 is 32.3 Å². The molecular formula is C14H16N2O3S2. The van der Waals surface area contributed by atoms with Crippen molar-refractivity contribution in [2.75, 3.05) is 10.5 Å². The average molecular weight is 324 g/mol. The van der Waals surface area contributed by atoms with Crippen LogP contribution in [0.5, 0.6) is 0 Å². The van der Waals surface area contributed by atoms with E-state index in [1.54, 1.807) is 5.38 Å². The molecule has 0 amide bonds. The molecule has 0 aliphatic heterocycles. The van der Waals surface area contributed by atoms with Crippen molar-refractivity contribution < 1.29 is 13.2 Å². The maximum atomic E-state index is 12.1. The summed E-state index contributed by atoms with van der Waals surface area (Å²) < 4.78 is 26.7. The first-order valence-electron chi connectivity index (χ1n) is 6.39. The van der Waals surface area contributed by atoms with Crippen molar-refractivity contribution in [3.05, 3.63) is 47.0 Å². The largest absolute Gasteiger partial charge is 0.293 e. The molecule has 0 aliphatic rings. The van der Waals surface area contributed by atoms with E-state index in [1.807, 2.05) is 37.3 Å². The van der Waals surface area contributed by atoms with Crippen molar-refractivity contribution in [1.82, 2.24) is 4.98 Å². The number of rotatable bonds is 6. The van der Waals surface area contributed by atoms with Gasteiger partial charge in [-0.1, -0.05) is 37.3 Å². The van der Waals surface area contributed by atoms with Crippen molar-refractivity contribution in [1.29, 1.82) is 0 Å². The van der Waals surface area contributed by atoms with E-state index in [2.05, 4.69) is 9.71 Å². The number of thiazole rings is 1. The van der Waals surface area contributed by atoms with Crippen LogP contribution in [0.2, 0.25) is 0 Å². The van der Waals surface area contributed by atoms with Crippen LogP contribution in [-0.2, 0) is 10.0 Å². The van der Waals surface area contributed by atoms with E-state index in [-0.39, 0.29) is 28.3 Å². The molecule has 0 fully saturated rings. The van der Waals surface area contributed by atoms with Crippen molar-refractivity contribution in [2.24, 2.45) is 0 Å². The molecule has 2 aromatic rings. The molecule has 1 heterocycles. The van der Waals surface area contributed by atoms with Gasteiger partial charge in [-0.05, 0) is 11.5 Å². The van der Waals surface area contributed by atoms with E-state index >= 15 is 0 Å². The lowest BCUT2D eigenvalue weighted by molar-refractivity contribution is 0.101. The normalized spacial score (nSPS) is 12.9. The molecule has 0 saturated carbocycles. The Morgan fingerprint density at radius 3 is 2.57 bits per heavy atom. The first-order valence-corrected chi connectivity index (χ1v) is 8.92. The third kappa shape index (κ3) is 4.37. The molecule has 1 aromatic heterocycles. The smallest absolute Gasteiger partial charge is 0.235 e. The number of hydrogen-bond acceptors (Lipinski definition) is 5. The summed E-state index contributed by atoms with van der Waals surface area (Å²) in [6, 6.07) is 9.45. The van der Waals surface area contributed by atoms with E-state index in [4.69, 9.17) is 0 Å². The number of Topliss-reactive ketones (excluding diaryl/α,β-unsaturated/α-hetero) is 1. The van der Waals surface area contributed by atoms with Crippen LogP contribution in [0.4, 0.5) is 5.13 Å². The Labute approximate surface area is 128 Å². The minimum absolute atomic E-state index is 0.0357. The molecule has 1 aromatic carbocycles. The van der Waals surface area contributed by atoms with Crippen LogP contribution in [0.1, 0.15) is 35.8 Å². The van der Waals surface area contributed by atoms with Crippen molar-refractivity contribution in [2.45, 2.75) is 19.8 Å². The first-order chi connectivity index (χ1) is 9.87. The van der Waals surface area contributed by atoms with Crippen LogP contribution < -0.4 is 4.72 Å². The fraction of sp³-hybridized carbons (Fsp3) is 0.286. The number of hydrogen-bond donors (Lipinski definition) is 1. The highest BCUT2D eigenvalue weighted by Crippen LogP contribution is 2.21. The summed E-state index contributed by atoms with van der Waals surface area (Å²) in [5.74, 6) is -0.350. The van der Waals surface area contributed by atoms with Gasteiger partial charge in [0, 0.05) is 12.3 Å². The molecule has 5 nitrogen and oxygen atoms in total. The molecule has 0 bridgehead atoms. The minimum atomic E-state index is -3.51. The van der Waals surface area contributed by atoms with E-state index in [9.17, 15) is 13.2 Å². The number of aromatic nitrogens is 1. The van der Waals surface area contributed by atoms with Crippen LogP contribution >= 0.6 is 11.3 Å². The summed E-state index contributed by atoms with van der Waals surface area (Å²) in [4.78, 5) is 15.1. The van der Waals surface area contributed by atoms with Gasteiger partial charge < -0.3 is 0 Å². The molecule has 0 aliphatic carbocycles. The second-order valence-corrected chi connectivity index (χ2v) is 7.41. The molecule has 1 atom stereocenters. The van der Waals surface area contributed by atoms with Crippen molar-refractivity contribution in [3.8, 4) is 0 Å². The third-order valence-electron chi connectivity index (χ3n) is 2.95. The van der Waals surface area contributed by atoms with Crippen LogP contribution in [0.3, 0.4) is 0 Å². The highest BCUT2D eigenvalue weighted by molar-refractivity contribution is 7.92. The van der Waals surface area contributed by atoms with Gasteiger partial charge in [-0.15, -0.1) is 11.3 Å². The number of nitrogens with zero attached hydrogens (tertiary/aromatic N) is 1. The summed E-state index contributed by atoms with van der Waals surface area (Å²) in [6.07, 6.45) is 0. The zero-order valence-corrected chi connectivity index (χ0v) is 13.4. The molecule has 0 saturated heterocycles. The van der Waals surface area contributed by atoms with Crippen LogP contribution in [0, 0.1) is 0 Å². The molecule has 1 unspecified atom stereocenters. The first kappa shape index (κ1) is 15.7. The summed E-state index contributed by atoms with van der Waals surface area (Å²) in [6.45, 7) is 3.25. The zero-order chi connectivity index (χ0) is 15.5. The quantitative estimate of drug-likeness (QED) is 0.829. The monoisotopic (exact) mass is 324 g/mol. The highest BCUT2D eigenvalue weighted by Gasteiger charge is 2.19. The second-order valence-electron chi connectivity index (χ2n) is 4.79. The van der Waals surface area contributed by atoms with Crippen molar-refractivity contribution in [3.63, 3.8) is 0 Å². The Bertz CT molecular complexity index is 724. The summed E-state index contributed by atoms with van der Waals surface area (Å²) in [5.41, 5.74) is 1.24. The Kier molecular flexibility index (Phi) is 4.74. The van der Waals surface area contributed by atoms with E-state index < -0.39 is 10.0 Å². The fourth-order valence-electron chi connectivity index (χ4n) is 1.86. The molecule has 7 heteroatoms. The van der Waals surface area contributed by atoms with E-state index in [0.717, 1.165) is 16.9 Å². The number of nitrogens with one attached hydrogen (secondary N) is 1. The van der Waals surface area contributed by atoms with Gasteiger partial charge in [0.15, 0.2) is 10.9 Å². The second kappa shape index (κ2) is 6.36. The van der Waals surface area contributed by atoms with Gasteiger partial charge in [0.05, 0.1) is 5.75 Å². The summed E-state index contributed by atoms with van der Waals surface area (Å²) in [5, 5.41) is 1.77. The van der Waals surface area contributed by atoms with Crippen LogP contribution in [0.15, 0.2) is 35.7 Å². The molecule has 21 heavy (non-hydrogen) atoms. The summed E-state index contributed by atoms with van der Waals surface area (Å²) in [7, 11) is -3.51. The maximum Gasteiger partial charge on any atom is 0.235 e. The van der Waals surface area contributed by atoms with Gasteiger partial charge in [0.25, 0.3) is 0 Å². The molecule has 0 spiro atoms. The predicted molar refractivity (Wildman–Crippen MR) is 84.4 cm³/mol. The van der Waals surface area contributed by atoms with E-state index in [1.165, 1.54) is 6.92 Å². The molecule has 0 radical (unpaired) electrons. The molecular weight excluding hydrogens is 308 g/mol. The number of sulfonamides is 1. The molecule has 112 valence electrons. The zero-order valence-electron chi connectivity index (χ0n) is 11.7. The van der Waals surface area contributed by atoms with Gasteiger partial charge >= 0.3 is 0 Å². The standard InChI is InChI=1S/C14H16N2O3S2/c1-10(12-6-4-3-5-7-12)9-21(18,19)16-14-15-13(8-20-14)11(2)17/h3-8,10H,9H2,1-2H3,(H,15,16). The Hall–Kier alpha value is -1.73. The number of ketones is 1. The lowest BCUT2D eigenvalue weighted by Crippen LogP contribution is -2.20. The number of anilines is 1. The fourth-order valence-corrected chi connectivity index (χ4v) is 4.28. The van der Waals surface area contributed by atoms with Gasteiger partial charge in [0.2, 0.25) is 10.0 Å². The van der Waals surface area contributed by atoms with Gasteiger partial charge in [-0.2, -0.15) is 0 Å². The van der Waals surface area contributed by atoms with Crippen LogP contribution in [0.25, 0.3) is 0 Å². The topological polar surface area (TPSA) is 76.1 Å². The van der Waals surface area contributed by atoms with Gasteiger partial charge in [0.1, 0.15) is 5.69 Å². The van der Waals surface area contributed by atoms with Gasteiger partial charge in [-0.3, -0.25) is 9.52 Å². The Morgan fingerprint density at radius 2 is 2.00 bits per heavy atom. The van der Waals surface area contributed by atoms with E-state index in [0.29, 0.717) is 0 Å². The highest BCUT2D eigenvalue weighted by atomic mass is 32.2. The lowest BCUT2D eigenvalue weighted by Gasteiger charge is -2.12. The molecule has 2 rings (SSSR count). The van der Waals surface area contributed by atoms with Gasteiger partial charge in [-0.25, -0.2) is 13.4 Å². The SMILES string of the molecule is CC(=O)c1csc(NS(=O)(=O)CC(C)c2ccccc2)n1.